The predicted octanol–water partition coefficient (Wildman–Crippen LogP) is 5.48. The molecule has 2 aromatic heterocycles. The standard InChI is InChI=1S/2C17H25N3/c1-13-3-2-6-18-17(13)20-9-7-19(8-10-20)16-12-14-4-5-15(16)11-14;1-3-15-13-14(1)2-4-17(15)20-11-9-19(10-12-20)16-5-7-18-8-6-16/h2-3,6,14-16H,4-5,7-12H2,1H3;5-8,14-15,17H,1-4,9-13H2. The van der Waals surface area contributed by atoms with Crippen LogP contribution in [0.5, 0.6) is 0 Å². The third-order valence-electron chi connectivity index (χ3n) is 11.6. The molecule has 0 amide bonds. The van der Waals surface area contributed by atoms with Crippen LogP contribution in [0.25, 0.3) is 0 Å². The molecule has 4 heterocycles. The fourth-order valence-corrected chi connectivity index (χ4v) is 9.45. The highest BCUT2D eigenvalue weighted by molar-refractivity contribution is 5.46. The molecule has 4 saturated carbocycles. The molecule has 6 atom stereocenters. The molecular weight excluding hydrogens is 492 g/mol. The molecule has 6 nitrogen and oxygen atoms in total. The summed E-state index contributed by atoms with van der Waals surface area (Å²) in [6.07, 6.45) is 19.2. The number of aromatic nitrogens is 2. The van der Waals surface area contributed by atoms with Gasteiger partial charge in [0, 0.05) is 88.7 Å². The molecule has 6 fully saturated rings. The maximum absolute atomic E-state index is 4.57. The zero-order valence-electron chi connectivity index (χ0n) is 24.7. The van der Waals surface area contributed by atoms with Crippen LogP contribution >= 0.6 is 0 Å². The molecule has 2 aliphatic heterocycles. The molecule has 40 heavy (non-hydrogen) atoms. The van der Waals surface area contributed by atoms with Crippen LogP contribution in [0.2, 0.25) is 0 Å². The minimum atomic E-state index is 0.897. The zero-order valence-corrected chi connectivity index (χ0v) is 24.7. The van der Waals surface area contributed by atoms with Gasteiger partial charge in [-0.2, -0.15) is 0 Å². The fraction of sp³-hybridized carbons (Fsp3) is 0.706. The predicted molar refractivity (Wildman–Crippen MR) is 164 cm³/mol. The molecule has 216 valence electrons. The summed E-state index contributed by atoms with van der Waals surface area (Å²) in [7, 11) is 0. The van der Waals surface area contributed by atoms with Gasteiger partial charge >= 0.3 is 0 Å². The molecule has 4 aliphatic carbocycles. The van der Waals surface area contributed by atoms with E-state index in [0.717, 1.165) is 48.8 Å². The van der Waals surface area contributed by atoms with Crippen molar-refractivity contribution in [1.82, 2.24) is 19.8 Å². The molecule has 0 N–H and O–H groups in total. The molecular formula is C34H50N6. The number of nitrogens with zero attached hydrogens (tertiary/aromatic N) is 6. The van der Waals surface area contributed by atoms with Gasteiger partial charge in [-0.15, -0.1) is 0 Å². The monoisotopic (exact) mass is 542 g/mol. The summed E-state index contributed by atoms with van der Waals surface area (Å²) in [6.45, 7) is 11.8. The molecule has 8 rings (SSSR count). The molecule has 2 saturated heterocycles. The largest absolute Gasteiger partial charge is 0.369 e. The Hall–Kier alpha value is -2.18. The summed E-state index contributed by atoms with van der Waals surface area (Å²) in [4.78, 5) is 19.2. The topological polar surface area (TPSA) is 38.7 Å². The lowest BCUT2D eigenvalue weighted by Crippen LogP contribution is -2.52. The highest BCUT2D eigenvalue weighted by atomic mass is 15.3. The average Bonchev–Trinajstić information content (AvgIpc) is 3.75. The van der Waals surface area contributed by atoms with Gasteiger partial charge < -0.3 is 9.80 Å². The number of hydrogen-bond acceptors (Lipinski definition) is 6. The Morgan fingerprint density at radius 1 is 0.600 bits per heavy atom. The van der Waals surface area contributed by atoms with Crippen molar-refractivity contribution < 1.29 is 0 Å². The van der Waals surface area contributed by atoms with Crippen molar-refractivity contribution in [2.45, 2.75) is 76.8 Å². The normalized spacial score (nSPS) is 34.1. The molecule has 0 spiro atoms. The lowest BCUT2D eigenvalue weighted by molar-refractivity contribution is 0.103. The Bertz CT molecular complexity index is 1090. The van der Waals surface area contributed by atoms with E-state index in [1.807, 2.05) is 24.7 Å². The van der Waals surface area contributed by atoms with Gasteiger partial charge in [0.15, 0.2) is 0 Å². The number of piperazine rings is 2. The fourth-order valence-electron chi connectivity index (χ4n) is 9.45. The number of aryl methyl sites for hydroxylation is 1. The Labute approximate surface area is 242 Å². The van der Waals surface area contributed by atoms with E-state index < -0.39 is 0 Å². The SMILES string of the molecule is Cc1cccnc1N1CCN(C2CC3CCC2C3)CC1.c1cc(N2CCN(C3CCC4CCC3C4)CC2)ccn1. The van der Waals surface area contributed by atoms with E-state index in [-0.39, 0.29) is 0 Å². The Morgan fingerprint density at radius 3 is 1.93 bits per heavy atom. The minimum Gasteiger partial charge on any atom is -0.369 e. The van der Waals surface area contributed by atoms with E-state index >= 15 is 0 Å². The molecule has 6 unspecified atom stereocenters. The highest BCUT2D eigenvalue weighted by Crippen LogP contribution is 2.47. The lowest BCUT2D eigenvalue weighted by Gasteiger charge is -2.44. The van der Waals surface area contributed by atoms with Gasteiger partial charge in [-0.25, -0.2) is 4.98 Å². The number of hydrogen-bond donors (Lipinski definition) is 0. The van der Waals surface area contributed by atoms with E-state index in [0.29, 0.717) is 0 Å². The first-order chi connectivity index (χ1) is 19.7. The van der Waals surface area contributed by atoms with Crippen molar-refractivity contribution in [1.29, 1.82) is 0 Å². The van der Waals surface area contributed by atoms with Gasteiger partial charge in [0.1, 0.15) is 5.82 Å². The first-order valence-electron chi connectivity index (χ1n) is 16.5. The van der Waals surface area contributed by atoms with Crippen LogP contribution in [0, 0.1) is 30.6 Å². The third kappa shape index (κ3) is 5.63. The lowest BCUT2D eigenvalue weighted by atomic mass is 9.84. The first-order valence-corrected chi connectivity index (χ1v) is 16.5. The van der Waals surface area contributed by atoms with Crippen LogP contribution in [0.3, 0.4) is 0 Å². The Balaban J connectivity index is 0.000000132. The summed E-state index contributed by atoms with van der Waals surface area (Å²) in [5.41, 5.74) is 2.64. The smallest absolute Gasteiger partial charge is 0.131 e. The van der Waals surface area contributed by atoms with Crippen LogP contribution in [-0.2, 0) is 0 Å². The second kappa shape index (κ2) is 12.0. The maximum Gasteiger partial charge on any atom is 0.131 e. The number of anilines is 2. The van der Waals surface area contributed by atoms with E-state index in [1.54, 1.807) is 0 Å². The summed E-state index contributed by atoms with van der Waals surface area (Å²) in [5, 5.41) is 0. The van der Waals surface area contributed by atoms with Crippen molar-refractivity contribution in [2.24, 2.45) is 23.7 Å². The van der Waals surface area contributed by atoms with Crippen LogP contribution in [0.4, 0.5) is 11.5 Å². The van der Waals surface area contributed by atoms with Crippen molar-refractivity contribution in [3.8, 4) is 0 Å². The van der Waals surface area contributed by atoms with Crippen LogP contribution in [0.15, 0.2) is 42.9 Å². The van der Waals surface area contributed by atoms with Gasteiger partial charge in [-0.3, -0.25) is 14.8 Å². The van der Waals surface area contributed by atoms with Crippen molar-refractivity contribution in [3.63, 3.8) is 0 Å². The van der Waals surface area contributed by atoms with E-state index in [2.05, 4.69) is 54.7 Å². The van der Waals surface area contributed by atoms with Crippen molar-refractivity contribution in [3.05, 3.63) is 48.4 Å². The van der Waals surface area contributed by atoms with Gasteiger partial charge in [-0.1, -0.05) is 18.9 Å². The molecule has 6 heteroatoms. The minimum absolute atomic E-state index is 0.897. The maximum atomic E-state index is 4.57. The number of rotatable bonds is 4. The van der Waals surface area contributed by atoms with Crippen LogP contribution < -0.4 is 9.80 Å². The van der Waals surface area contributed by atoms with Gasteiger partial charge in [0.05, 0.1) is 0 Å². The highest BCUT2D eigenvalue weighted by Gasteiger charge is 2.43. The summed E-state index contributed by atoms with van der Waals surface area (Å²) in [6, 6.07) is 10.3. The molecule has 4 bridgehead atoms. The first kappa shape index (κ1) is 26.7. The van der Waals surface area contributed by atoms with Crippen LogP contribution in [0.1, 0.15) is 63.4 Å². The summed E-state index contributed by atoms with van der Waals surface area (Å²) >= 11 is 0. The van der Waals surface area contributed by atoms with E-state index in [9.17, 15) is 0 Å². The molecule has 0 radical (unpaired) electrons. The third-order valence-corrected chi connectivity index (χ3v) is 11.6. The van der Waals surface area contributed by atoms with Crippen molar-refractivity contribution >= 4 is 11.5 Å². The number of pyridine rings is 2. The molecule has 2 aromatic rings. The van der Waals surface area contributed by atoms with E-state index in [4.69, 9.17) is 0 Å². The second-order valence-corrected chi connectivity index (χ2v) is 13.7. The summed E-state index contributed by atoms with van der Waals surface area (Å²) < 4.78 is 0. The molecule has 6 aliphatic rings. The quantitative estimate of drug-likeness (QED) is 0.509. The summed E-state index contributed by atoms with van der Waals surface area (Å²) in [5.74, 6) is 5.36. The molecule has 0 aromatic carbocycles. The number of fused-ring (bicyclic) bond motifs is 4. The van der Waals surface area contributed by atoms with Crippen LogP contribution in [-0.4, -0.2) is 84.2 Å². The van der Waals surface area contributed by atoms with Gasteiger partial charge in [-0.05, 0) is 99.3 Å². The zero-order chi connectivity index (χ0) is 26.9. The second-order valence-electron chi connectivity index (χ2n) is 13.7. The Kier molecular flexibility index (Phi) is 7.99. The Morgan fingerprint density at radius 2 is 1.23 bits per heavy atom. The van der Waals surface area contributed by atoms with Gasteiger partial charge in [0.2, 0.25) is 0 Å². The van der Waals surface area contributed by atoms with Gasteiger partial charge in [0.25, 0.3) is 0 Å². The van der Waals surface area contributed by atoms with E-state index in [1.165, 1.54) is 114 Å². The van der Waals surface area contributed by atoms with Crippen molar-refractivity contribution in [2.75, 3.05) is 62.2 Å². The average molecular weight is 543 g/mol.